The Balaban J connectivity index is 0.000000286. The predicted molar refractivity (Wildman–Crippen MR) is 261 cm³/mol. The highest BCUT2D eigenvalue weighted by Gasteiger charge is 2.34. The van der Waals surface area contributed by atoms with E-state index in [4.69, 9.17) is 4.74 Å². The minimum atomic E-state index is -1.56. The summed E-state index contributed by atoms with van der Waals surface area (Å²) < 4.78 is 138. The molecule has 12 heteroatoms. The Morgan fingerprint density at radius 2 is 0.800 bits per heavy atom. The van der Waals surface area contributed by atoms with Crippen LogP contribution in [0.25, 0.3) is 22.3 Å². The zero-order valence-electron chi connectivity index (χ0n) is 40.0. The highest BCUT2D eigenvalue weighted by Crippen LogP contribution is 2.45. The molecule has 0 unspecified atom stereocenters. The van der Waals surface area contributed by atoms with Gasteiger partial charge in [0.05, 0.1) is 5.92 Å². The molecule has 0 aliphatic heterocycles. The number of hydrogen-bond acceptors (Lipinski definition) is 2. The normalized spacial score (nSPS) is 24.6. The van der Waals surface area contributed by atoms with Crippen LogP contribution in [-0.2, 0) is 4.79 Å². The van der Waals surface area contributed by atoms with Gasteiger partial charge >= 0.3 is 5.97 Å². The Kier molecular flexibility index (Phi) is 18.0. The van der Waals surface area contributed by atoms with Gasteiger partial charge in [-0.2, -0.15) is 0 Å². The molecule has 0 saturated heterocycles. The Labute approximate surface area is 411 Å². The predicted octanol–water partition coefficient (Wildman–Crippen LogP) is 18.7. The maximum absolute atomic E-state index is 14.3. The second kappa shape index (κ2) is 23.9. The first kappa shape index (κ1) is 52.7. The lowest BCUT2D eigenvalue weighted by molar-refractivity contribution is -0.140. The molecule has 4 aliphatic carbocycles. The van der Waals surface area contributed by atoms with Crippen LogP contribution >= 0.6 is 0 Å². The maximum Gasteiger partial charge on any atom is 0.314 e. The summed E-state index contributed by atoms with van der Waals surface area (Å²) in [4.78, 5) is 12.2. The standard InChI is InChI=1S/C20H25F3O2.C19H12F4.C19H25F3.4H2/c1-12-2-4-13(5-3-12)14-6-8-15(9-7-14)20(24)25-16-10-17(21)19(23)18(22)11-16;1-11-2-4-12(5-3-11)13-6-7-15(16(20)8-13)14-9-17(21)19(23)18(22)10-14;1-12-2-4-13(5-3-12)14-6-8-15(9-7-14)16-10-17(20)19(22)18(21)11-16;;;;/h10-15H,2-9H2,1H3;2-10H,1H3;10-15H,2-9H2,1H3;4*1H. The molecular formula is C58H70F10O2. The van der Waals surface area contributed by atoms with Crippen LogP contribution in [0.1, 0.15) is 139 Å². The maximum atomic E-state index is 14.3. The molecule has 0 aromatic heterocycles. The molecule has 5 aromatic carbocycles. The smallest absolute Gasteiger partial charge is 0.314 e. The van der Waals surface area contributed by atoms with Crippen molar-refractivity contribution in [1.82, 2.24) is 0 Å². The summed E-state index contributed by atoms with van der Waals surface area (Å²) in [5.74, 6) is -8.63. The van der Waals surface area contributed by atoms with E-state index in [2.05, 4.69) is 13.8 Å². The quantitative estimate of drug-likeness (QED) is 0.0703. The largest absolute Gasteiger partial charge is 0.426 e. The number of hydrogen-bond donors (Lipinski definition) is 0. The van der Waals surface area contributed by atoms with Gasteiger partial charge in [0.1, 0.15) is 11.6 Å². The van der Waals surface area contributed by atoms with Crippen molar-refractivity contribution in [1.29, 1.82) is 0 Å². The summed E-state index contributed by atoms with van der Waals surface area (Å²) in [5.41, 5.74) is 3.16. The van der Waals surface area contributed by atoms with Crippen LogP contribution < -0.4 is 4.74 Å². The number of ether oxygens (including phenoxy) is 1. The van der Waals surface area contributed by atoms with Crippen molar-refractivity contribution in [3.63, 3.8) is 0 Å². The number of carbonyl (C=O) groups excluding carboxylic acids is 1. The fourth-order valence-corrected chi connectivity index (χ4v) is 11.3. The van der Waals surface area contributed by atoms with Crippen LogP contribution in [0.5, 0.6) is 5.75 Å². The van der Waals surface area contributed by atoms with Crippen molar-refractivity contribution in [3.05, 3.63) is 148 Å². The first-order valence-electron chi connectivity index (χ1n) is 25.0. The first-order valence-corrected chi connectivity index (χ1v) is 25.0. The second-order valence-electron chi connectivity index (χ2n) is 20.5. The van der Waals surface area contributed by atoms with Gasteiger partial charge in [-0.3, -0.25) is 4.79 Å². The van der Waals surface area contributed by atoms with Crippen molar-refractivity contribution in [3.8, 4) is 28.0 Å². The van der Waals surface area contributed by atoms with Crippen LogP contribution in [0.2, 0.25) is 0 Å². The third kappa shape index (κ3) is 13.4. The highest BCUT2D eigenvalue weighted by atomic mass is 19.2. The minimum absolute atomic E-state index is 0. The molecule has 384 valence electrons. The molecule has 70 heavy (non-hydrogen) atoms. The Morgan fingerprint density at radius 1 is 0.429 bits per heavy atom. The Bertz CT molecular complexity index is 2500. The van der Waals surface area contributed by atoms with E-state index in [1.54, 1.807) is 6.07 Å². The van der Waals surface area contributed by atoms with Crippen LogP contribution in [0.15, 0.2) is 78.9 Å². The number of aryl methyl sites for hydroxylation is 1. The van der Waals surface area contributed by atoms with Gasteiger partial charge in [-0.05, 0) is 178 Å². The first-order chi connectivity index (χ1) is 33.4. The van der Waals surface area contributed by atoms with Crippen molar-refractivity contribution in [2.24, 2.45) is 41.4 Å². The molecule has 4 fully saturated rings. The molecule has 2 nitrogen and oxygen atoms in total. The molecule has 0 spiro atoms. The van der Waals surface area contributed by atoms with E-state index < -0.39 is 64.1 Å². The highest BCUT2D eigenvalue weighted by molar-refractivity contribution is 5.75. The molecule has 4 aliphatic rings. The molecule has 0 radical (unpaired) electrons. The fourth-order valence-electron chi connectivity index (χ4n) is 11.3. The monoisotopic (exact) mass is 989 g/mol. The number of benzene rings is 5. The Hall–Kier alpha value is -5.13. The molecule has 0 N–H and O–H groups in total. The lowest BCUT2D eigenvalue weighted by Crippen LogP contribution is -2.29. The van der Waals surface area contributed by atoms with Gasteiger partial charge in [0, 0.05) is 23.4 Å². The topological polar surface area (TPSA) is 26.3 Å². The van der Waals surface area contributed by atoms with E-state index in [0.717, 1.165) is 104 Å². The van der Waals surface area contributed by atoms with Gasteiger partial charge < -0.3 is 4.74 Å². The van der Waals surface area contributed by atoms with Gasteiger partial charge in [-0.25, -0.2) is 43.9 Å². The van der Waals surface area contributed by atoms with Gasteiger partial charge in [0.15, 0.2) is 52.4 Å². The molecular weight excluding hydrogens is 919 g/mol. The molecule has 0 amide bonds. The lowest BCUT2D eigenvalue weighted by atomic mass is 9.68. The summed E-state index contributed by atoms with van der Waals surface area (Å²) in [6.45, 7) is 6.60. The average Bonchev–Trinajstić information content (AvgIpc) is 3.35. The van der Waals surface area contributed by atoms with Gasteiger partial charge in [0.2, 0.25) is 0 Å². The van der Waals surface area contributed by atoms with Crippen LogP contribution in [-0.4, -0.2) is 5.97 Å². The second-order valence-corrected chi connectivity index (χ2v) is 20.5. The summed E-state index contributed by atoms with van der Waals surface area (Å²) in [6, 6.07) is 17.3. The fraction of sp³-hybridized carbons (Fsp3) is 0.466. The van der Waals surface area contributed by atoms with Crippen molar-refractivity contribution in [2.75, 3.05) is 0 Å². The van der Waals surface area contributed by atoms with Crippen molar-refractivity contribution < 1.29 is 59.1 Å². The zero-order chi connectivity index (χ0) is 50.2. The minimum Gasteiger partial charge on any atom is -0.426 e. The van der Waals surface area contributed by atoms with Crippen LogP contribution in [0, 0.1) is 107 Å². The molecule has 0 atom stereocenters. The molecule has 9 rings (SSSR count). The Morgan fingerprint density at radius 3 is 1.24 bits per heavy atom. The molecule has 5 aromatic rings. The number of esters is 1. The molecule has 0 bridgehead atoms. The zero-order valence-corrected chi connectivity index (χ0v) is 40.0. The summed E-state index contributed by atoms with van der Waals surface area (Å²) >= 11 is 0. The average molecular weight is 989 g/mol. The van der Waals surface area contributed by atoms with E-state index in [9.17, 15) is 48.7 Å². The summed E-state index contributed by atoms with van der Waals surface area (Å²) in [5, 5.41) is 0. The SMILES string of the molecule is CC1CCC(C2CCC(C(=O)Oc3cc(F)c(F)c(F)c3)CC2)CC1.CC1CCC(C2CCC(c3cc(F)c(F)c(F)c3)CC2)CC1.Cc1ccc(-c2ccc(-c3cc(F)c(F)c(F)c3)c(F)c2)cc1.[HH].[HH].[HH].[HH]. The summed E-state index contributed by atoms with van der Waals surface area (Å²) in [6.07, 6.45) is 18.3. The van der Waals surface area contributed by atoms with Gasteiger partial charge in [-0.1, -0.05) is 81.5 Å². The number of rotatable bonds is 7. The van der Waals surface area contributed by atoms with E-state index in [-0.39, 0.29) is 34.4 Å². The van der Waals surface area contributed by atoms with E-state index >= 15 is 0 Å². The van der Waals surface area contributed by atoms with Crippen LogP contribution in [0.4, 0.5) is 43.9 Å². The van der Waals surface area contributed by atoms with E-state index in [1.165, 1.54) is 75.6 Å². The van der Waals surface area contributed by atoms with Gasteiger partial charge in [-0.15, -0.1) is 0 Å². The van der Waals surface area contributed by atoms with Gasteiger partial charge in [0.25, 0.3) is 0 Å². The summed E-state index contributed by atoms with van der Waals surface area (Å²) in [7, 11) is 0. The number of halogens is 10. The third-order valence-electron chi connectivity index (χ3n) is 15.6. The van der Waals surface area contributed by atoms with E-state index in [0.29, 0.717) is 29.2 Å². The van der Waals surface area contributed by atoms with Crippen molar-refractivity contribution >= 4 is 5.97 Å². The number of carbonyl (C=O) groups is 1. The van der Waals surface area contributed by atoms with Crippen molar-refractivity contribution in [2.45, 2.75) is 129 Å². The van der Waals surface area contributed by atoms with Crippen LogP contribution in [0.3, 0.4) is 0 Å². The third-order valence-corrected chi connectivity index (χ3v) is 15.6. The lowest BCUT2D eigenvalue weighted by Gasteiger charge is -2.37. The van der Waals surface area contributed by atoms with E-state index in [1.807, 2.05) is 31.2 Å². The molecule has 4 saturated carbocycles. The molecule has 0 heterocycles.